The molecular formula is C22H21N3O3. The molecule has 3 aromatic rings. The Labute approximate surface area is 163 Å². The highest BCUT2D eigenvalue weighted by Crippen LogP contribution is 2.21. The average molecular weight is 375 g/mol. The maximum Gasteiger partial charge on any atom is 0.260 e. The van der Waals surface area contributed by atoms with Gasteiger partial charge in [0.1, 0.15) is 11.9 Å². The number of hydrogen-bond donors (Lipinski definition) is 0. The van der Waals surface area contributed by atoms with E-state index in [0.717, 1.165) is 12.0 Å². The summed E-state index contributed by atoms with van der Waals surface area (Å²) >= 11 is 0. The first-order valence-corrected chi connectivity index (χ1v) is 9.27. The summed E-state index contributed by atoms with van der Waals surface area (Å²) in [6, 6.07) is 18.8. The van der Waals surface area contributed by atoms with E-state index in [2.05, 4.69) is 9.97 Å². The van der Waals surface area contributed by atoms with Crippen LogP contribution in [0.15, 0.2) is 73.1 Å². The molecule has 0 aliphatic carbocycles. The molecule has 2 aromatic heterocycles. The summed E-state index contributed by atoms with van der Waals surface area (Å²) in [6.07, 6.45) is 4.08. The van der Waals surface area contributed by atoms with Gasteiger partial charge in [0.05, 0.1) is 19.8 Å². The van der Waals surface area contributed by atoms with Gasteiger partial charge in [-0.15, -0.1) is 0 Å². The number of carbonyl (C=O) groups excluding carboxylic acids is 1. The lowest BCUT2D eigenvalue weighted by molar-refractivity contribution is 0.0982. The molecule has 1 atom stereocenters. The first kappa shape index (κ1) is 18.1. The fourth-order valence-corrected chi connectivity index (χ4v) is 3.08. The lowest BCUT2D eigenvalue weighted by Crippen LogP contribution is -2.31. The van der Waals surface area contributed by atoms with E-state index in [1.54, 1.807) is 29.4 Å². The molecule has 1 aliphatic rings. The van der Waals surface area contributed by atoms with Gasteiger partial charge in [-0.1, -0.05) is 36.4 Å². The molecule has 142 valence electrons. The Balaban J connectivity index is 1.59. The number of benzene rings is 1. The molecule has 6 heteroatoms. The minimum Gasteiger partial charge on any atom is -0.472 e. The number of rotatable bonds is 6. The van der Waals surface area contributed by atoms with Crippen molar-refractivity contribution in [2.45, 2.75) is 19.1 Å². The van der Waals surface area contributed by atoms with Crippen LogP contribution in [0.1, 0.15) is 22.3 Å². The van der Waals surface area contributed by atoms with Crippen LogP contribution in [0.2, 0.25) is 0 Å². The maximum absolute atomic E-state index is 13.3. The molecule has 0 radical (unpaired) electrons. The third kappa shape index (κ3) is 4.35. The van der Waals surface area contributed by atoms with E-state index in [-0.39, 0.29) is 12.0 Å². The zero-order valence-corrected chi connectivity index (χ0v) is 15.4. The molecule has 1 fully saturated rings. The van der Waals surface area contributed by atoms with Gasteiger partial charge in [0.25, 0.3) is 5.91 Å². The van der Waals surface area contributed by atoms with Crippen molar-refractivity contribution in [2.75, 3.05) is 18.1 Å². The van der Waals surface area contributed by atoms with Crippen LogP contribution in [-0.2, 0) is 11.3 Å². The second-order valence-electron chi connectivity index (χ2n) is 6.55. The molecule has 3 heterocycles. The van der Waals surface area contributed by atoms with E-state index in [1.807, 2.05) is 48.5 Å². The van der Waals surface area contributed by atoms with Crippen molar-refractivity contribution in [1.82, 2.24) is 9.97 Å². The van der Waals surface area contributed by atoms with Gasteiger partial charge in [0.15, 0.2) is 0 Å². The van der Waals surface area contributed by atoms with Crippen molar-refractivity contribution in [2.24, 2.45) is 0 Å². The molecule has 1 amide bonds. The van der Waals surface area contributed by atoms with E-state index in [4.69, 9.17) is 9.47 Å². The number of amides is 1. The third-order valence-electron chi connectivity index (χ3n) is 4.51. The number of anilines is 1. The third-order valence-corrected chi connectivity index (χ3v) is 4.51. The molecule has 1 aromatic carbocycles. The van der Waals surface area contributed by atoms with Crippen molar-refractivity contribution in [3.05, 3.63) is 84.2 Å². The molecule has 28 heavy (non-hydrogen) atoms. The van der Waals surface area contributed by atoms with E-state index >= 15 is 0 Å². The Hall–Kier alpha value is -3.25. The summed E-state index contributed by atoms with van der Waals surface area (Å²) in [6.45, 7) is 1.66. The summed E-state index contributed by atoms with van der Waals surface area (Å²) in [4.78, 5) is 23.6. The van der Waals surface area contributed by atoms with Gasteiger partial charge < -0.3 is 9.47 Å². The van der Waals surface area contributed by atoms with Crippen LogP contribution in [0.25, 0.3) is 0 Å². The molecule has 4 rings (SSSR count). The largest absolute Gasteiger partial charge is 0.472 e. The number of aromatic nitrogens is 2. The molecule has 0 N–H and O–H groups in total. The number of carbonyl (C=O) groups is 1. The lowest BCUT2D eigenvalue weighted by Gasteiger charge is -2.22. The highest BCUT2D eigenvalue weighted by Gasteiger charge is 2.22. The maximum atomic E-state index is 13.3. The fraction of sp³-hybridized carbons (Fsp3) is 0.227. The van der Waals surface area contributed by atoms with Crippen LogP contribution in [0.4, 0.5) is 5.82 Å². The Morgan fingerprint density at radius 3 is 2.68 bits per heavy atom. The Morgan fingerprint density at radius 2 is 1.93 bits per heavy atom. The van der Waals surface area contributed by atoms with Gasteiger partial charge in [-0.25, -0.2) is 9.97 Å². The highest BCUT2D eigenvalue weighted by atomic mass is 16.5. The average Bonchev–Trinajstić information content (AvgIpc) is 3.26. The van der Waals surface area contributed by atoms with E-state index in [9.17, 15) is 4.79 Å². The van der Waals surface area contributed by atoms with Gasteiger partial charge in [0, 0.05) is 30.4 Å². The van der Waals surface area contributed by atoms with Crippen LogP contribution in [-0.4, -0.2) is 35.2 Å². The van der Waals surface area contributed by atoms with Crippen LogP contribution in [0.3, 0.4) is 0 Å². The summed E-state index contributed by atoms with van der Waals surface area (Å²) in [5.74, 6) is 0.874. The summed E-state index contributed by atoms with van der Waals surface area (Å²) in [7, 11) is 0. The lowest BCUT2D eigenvalue weighted by atomic mass is 10.1. The van der Waals surface area contributed by atoms with Crippen LogP contribution >= 0.6 is 0 Å². The zero-order valence-electron chi connectivity index (χ0n) is 15.4. The first-order valence-electron chi connectivity index (χ1n) is 9.27. The van der Waals surface area contributed by atoms with Gasteiger partial charge in [-0.2, -0.15) is 0 Å². The molecule has 0 spiro atoms. The normalized spacial score (nSPS) is 15.9. The van der Waals surface area contributed by atoms with E-state index < -0.39 is 0 Å². The Morgan fingerprint density at radius 1 is 1.07 bits per heavy atom. The van der Waals surface area contributed by atoms with Crippen molar-refractivity contribution >= 4 is 11.7 Å². The summed E-state index contributed by atoms with van der Waals surface area (Å²) in [5.41, 5.74) is 1.53. The van der Waals surface area contributed by atoms with Gasteiger partial charge in [-0.05, 0) is 23.8 Å². The van der Waals surface area contributed by atoms with Crippen molar-refractivity contribution in [3.8, 4) is 5.88 Å². The number of hydrogen-bond acceptors (Lipinski definition) is 5. The predicted molar refractivity (Wildman–Crippen MR) is 105 cm³/mol. The molecule has 6 nitrogen and oxygen atoms in total. The second-order valence-corrected chi connectivity index (χ2v) is 6.55. The monoisotopic (exact) mass is 375 g/mol. The predicted octanol–water partition coefficient (Wildman–Crippen LogP) is 3.49. The van der Waals surface area contributed by atoms with Crippen LogP contribution in [0.5, 0.6) is 5.88 Å². The second kappa shape index (κ2) is 8.63. The number of pyridine rings is 2. The Kier molecular flexibility index (Phi) is 5.58. The first-order chi connectivity index (χ1) is 13.8. The smallest absolute Gasteiger partial charge is 0.260 e. The standard InChI is InChI=1S/C22H21N3O3/c26-22(18-9-12-24-21(14-18)28-19-10-13-27-16-19)25(20-8-4-5-11-23-20)15-17-6-2-1-3-7-17/h1-9,11-12,14,19H,10,13,15-16H2. The summed E-state index contributed by atoms with van der Waals surface area (Å²) < 4.78 is 11.2. The SMILES string of the molecule is O=C(c1ccnc(OC2CCOC2)c1)N(Cc1ccccc1)c1ccccn1. The van der Waals surface area contributed by atoms with Crippen molar-refractivity contribution in [3.63, 3.8) is 0 Å². The van der Waals surface area contributed by atoms with Gasteiger partial charge in [-0.3, -0.25) is 9.69 Å². The highest BCUT2D eigenvalue weighted by molar-refractivity contribution is 6.05. The van der Waals surface area contributed by atoms with E-state index in [1.165, 1.54) is 0 Å². The van der Waals surface area contributed by atoms with Gasteiger partial charge >= 0.3 is 0 Å². The minimum atomic E-state index is -0.155. The number of ether oxygens (including phenoxy) is 2. The molecule has 0 saturated carbocycles. The summed E-state index contributed by atoms with van der Waals surface area (Å²) in [5, 5.41) is 0. The molecule has 1 unspecified atom stereocenters. The van der Waals surface area contributed by atoms with Gasteiger partial charge in [0.2, 0.25) is 5.88 Å². The topological polar surface area (TPSA) is 64.6 Å². The van der Waals surface area contributed by atoms with Crippen LogP contribution in [0, 0.1) is 0 Å². The Bertz CT molecular complexity index is 913. The van der Waals surface area contributed by atoms with Crippen molar-refractivity contribution in [1.29, 1.82) is 0 Å². The van der Waals surface area contributed by atoms with Crippen LogP contribution < -0.4 is 9.64 Å². The molecule has 0 bridgehead atoms. The molecular weight excluding hydrogens is 354 g/mol. The molecule has 1 saturated heterocycles. The fourth-order valence-electron chi connectivity index (χ4n) is 3.08. The quantitative estimate of drug-likeness (QED) is 0.660. The van der Waals surface area contributed by atoms with E-state index in [0.29, 0.717) is 37.0 Å². The molecule has 1 aliphatic heterocycles. The minimum absolute atomic E-state index is 0.0194. The zero-order chi connectivity index (χ0) is 19.2. The number of nitrogens with zero attached hydrogens (tertiary/aromatic N) is 3. The van der Waals surface area contributed by atoms with Crippen molar-refractivity contribution < 1.29 is 14.3 Å².